The molecule has 0 saturated heterocycles. The van der Waals surface area contributed by atoms with Crippen molar-refractivity contribution in [2.24, 2.45) is 5.10 Å². The van der Waals surface area contributed by atoms with Crippen LogP contribution in [0.25, 0.3) is 0 Å². The van der Waals surface area contributed by atoms with Crippen LogP contribution < -0.4 is 5.43 Å². The van der Waals surface area contributed by atoms with Gasteiger partial charge in [0.05, 0.1) is 12.1 Å². The van der Waals surface area contributed by atoms with Crippen LogP contribution in [0.15, 0.2) is 41.5 Å². The summed E-state index contributed by atoms with van der Waals surface area (Å²) in [5.74, 6) is -0.0241. The molecule has 0 saturated carbocycles. The fourth-order valence-electron chi connectivity index (χ4n) is 2.40. The molecule has 0 atom stereocenters. The molecule has 120 valence electrons. The van der Waals surface area contributed by atoms with Crippen molar-refractivity contribution in [2.75, 3.05) is 0 Å². The SMILES string of the molecule is C/C(=N/NC(=O)Cc1ccc(C)cc1C)c1cc(C)ccc1O. The van der Waals surface area contributed by atoms with E-state index in [1.165, 1.54) is 5.56 Å². The lowest BCUT2D eigenvalue weighted by Gasteiger charge is -2.08. The summed E-state index contributed by atoms with van der Waals surface area (Å²) >= 11 is 0. The van der Waals surface area contributed by atoms with Crippen LogP contribution in [0.1, 0.15) is 34.7 Å². The van der Waals surface area contributed by atoms with E-state index in [0.717, 1.165) is 16.7 Å². The number of benzene rings is 2. The van der Waals surface area contributed by atoms with E-state index in [2.05, 4.69) is 16.6 Å². The van der Waals surface area contributed by atoms with Gasteiger partial charge in [-0.05, 0) is 51.0 Å². The molecule has 0 unspecified atom stereocenters. The summed E-state index contributed by atoms with van der Waals surface area (Å²) in [5, 5.41) is 14.0. The fourth-order valence-corrected chi connectivity index (χ4v) is 2.40. The molecule has 0 radical (unpaired) electrons. The van der Waals surface area contributed by atoms with Gasteiger partial charge < -0.3 is 5.11 Å². The molecule has 0 heterocycles. The summed E-state index contributed by atoms with van der Waals surface area (Å²) in [6.45, 7) is 7.72. The molecule has 0 spiro atoms. The third-order valence-corrected chi connectivity index (χ3v) is 3.74. The average Bonchev–Trinajstić information content (AvgIpc) is 2.50. The molecule has 0 fully saturated rings. The summed E-state index contributed by atoms with van der Waals surface area (Å²) in [6, 6.07) is 11.3. The summed E-state index contributed by atoms with van der Waals surface area (Å²) in [7, 11) is 0. The number of aryl methyl sites for hydroxylation is 3. The van der Waals surface area contributed by atoms with Crippen LogP contribution >= 0.6 is 0 Å². The Bertz CT molecular complexity index is 764. The van der Waals surface area contributed by atoms with Crippen molar-refractivity contribution >= 4 is 11.6 Å². The molecule has 2 N–H and O–H groups in total. The van der Waals surface area contributed by atoms with E-state index in [-0.39, 0.29) is 18.1 Å². The van der Waals surface area contributed by atoms with Crippen LogP contribution in [0, 0.1) is 20.8 Å². The molecule has 0 bridgehead atoms. The molecule has 2 aromatic carbocycles. The number of carbonyl (C=O) groups is 1. The summed E-state index contributed by atoms with van der Waals surface area (Å²) in [5.41, 5.74) is 8.03. The maximum absolute atomic E-state index is 12.1. The van der Waals surface area contributed by atoms with Crippen molar-refractivity contribution in [3.8, 4) is 5.75 Å². The first-order valence-corrected chi connectivity index (χ1v) is 7.56. The Morgan fingerprint density at radius 1 is 1.09 bits per heavy atom. The summed E-state index contributed by atoms with van der Waals surface area (Å²) < 4.78 is 0. The Hall–Kier alpha value is -2.62. The van der Waals surface area contributed by atoms with Crippen molar-refractivity contribution < 1.29 is 9.90 Å². The van der Waals surface area contributed by atoms with Gasteiger partial charge in [0.25, 0.3) is 0 Å². The first-order valence-electron chi connectivity index (χ1n) is 7.56. The lowest BCUT2D eigenvalue weighted by atomic mass is 10.0. The predicted molar refractivity (Wildman–Crippen MR) is 92.8 cm³/mol. The molecule has 23 heavy (non-hydrogen) atoms. The van der Waals surface area contributed by atoms with E-state index >= 15 is 0 Å². The Kier molecular flexibility index (Phi) is 5.16. The molecule has 2 aromatic rings. The van der Waals surface area contributed by atoms with Crippen molar-refractivity contribution in [1.29, 1.82) is 0 Å². The quantitative estimate of drug-likeness (QED) is 0.671. The molecule has 0 aliphatic heterocycles. The number of rotatable bonds is 4. The number of amides is 1. The topological polar surface area (TPSA) is 61.7 Å². The highest BCUT2D eigenvalue weighted by Gasteiger charge is 2.08. The van der Waals surface area contributed by atoms with Gasteiger partial charge in [0.15, 0.2) is 0 Å². The van der Waals surface area contributed by atoms with E-state index in [9.17, 15) is 9.90 Å². The van der Waals surface area contributed by atoms with E-state index < -0.39 is 0 Å². The van der Waals surface area contributed by atoms with Crippen LogP contribution in [0.2, 0.25) is 0 Å². The van der Waals surface area contributed by atoms with Gasteiger partial charge in [0, 0.05) is 5.56 Å². The molecule has 4 nitrogen and oxygen atoms in total. The minimum Gasteiger partial charge on any atom is -0.507 e. The van der Waals surface area contributed by atoms with Crippen LogP contribution in [0.4, 0.5) is 0 Å². The Balaban J connectivity index is 2.06. The second kappa shape index (κ2) is 7.09. The largest absolute Gasteiger partial charge is 0.507 e. The van der Waals surface area contributed by atoms with Crippen molar-refractivity contribution in [1.82, 2.24) is 5.43 Å². The molecule has 0 aromatic heterocycles. The number of carbonyl (C=O) groups excluding carboxylic acids is 1. The van der Waals surface area contributed by atoms with E-state index in [4.69, 9.17) is 0 Å². The average molecular weight is 310 g/mol. The van der Waals surface area contributed by atoms with Gasteiger partial charge in [-0.2, -0.15) is 5.10 Å². The normalized spacial score (nSPS) is 11.4. The molecule has 2 rings (SSSR count). The maximum Gasteiger partial charge on any atom is 0.244 e. The zero-order valence-corrected chi connectivity index (χ0v) is 14.0. The van der Waals surface area contributed by atoms with Gasteiger partial charge in [0.2, 0.25) is 5.91 Å². The number of hydrazone groups is 1. The highest BCUT2D eigenvalue weighted by Crippen LogP contribution is 2.18. The number of nitrogens with zero attached hydrogens (tertiary/aromatic N) is 1. The van der Waals surface area contributed by atoms with E-state index in [1.54, 1.807) is 13.0 Å². The lowest BCUT2D eigenvalue weighted by molar-refractivity contribution is -0.120. The number of hydrogen-bond acceptors (Lipinski definition) is 3. The zero-order valence-electron chi connectivity index (χ0n) is 14.0. The second-order valence-corrected chi connectivity index (χ2v) is 5.86. The Morgan fingerprint density at radius 2 is 1.74 bits per heavy atom. The number of aromatic hydroxyl groups is 1. The molecule has 0 aliphatic carbocycles. The summed E-state index contributed by atoms with van der Waals surface area (Å²) in [6.07, 6.45) is 0.280. The number of nitrogens with one attached hydrogen (secondary N) is 1. The third-order valence-electron chi connectivity index (χ3n) is 3.74. The summed E-state index contributed by atoms with van der Waals surface area (Å²) in [4.78, 5) is 12.1. The standard InChI is InChI=1S/C19H22N2O2/c1-12-5-7-16(14(3)9-12)11-19(23)21-20-15(4)17-10-13(2)6-8-18(17)22/h5-10,22H,11H2,1-4H3,(H,21,23)/b20-15-. The number of phenols is 1. The lowest BCUT2D eigenvalue weighted by Crippen LogP contribution is -2.21. The van der Waals surface area contributed by atoms with Crippen molar-refractivity contribution in [3.05, 3.63) is 64.2 Å². The molecule has 4 heteroatoms. The van der Waals surface area contributed by atoms with Crippen molar-refractivity contribution in [3.63, 3.8) is 0 Å². The third kappa shape index (κ3) is 4.42. The molecular formula is C19H22N2O2. The zero-order chi connectivity index (χ0) is 17.0. The molecule has 1 amide bonds. The van der Waals surface area contributed by atoms with Gasteiger partial charge in [-0.1, -0.05) is 35.4 Å². The number of phenolic OH excluding ortho intramolecular Hbond substituents is 1. The fraction of sp³-hybridized carbons (Fsp3) is 0.263. The van der Waals surface area contributed by atoms with Crippen LogP contribution in [0.5, 0.6) is 5.75 Å². The first kappa shape index (κ1) is 16.7. The van der Waals surface area contributed by atoms with Crippen LogP contribution in [0.3, 0.4) is 0 Å². The van der Waals surface area contributed by atoms with Gasteiger partial charge in [-0.3, -0.25) is 4.79 Å². The predicted octanol–water partition coefficient (Wildman–Crippen LogP) is 3.40. The van der Waals surface area contributed by atoms with Gasteiger partial charge in [0.1, 0.15) is 5.75 Å². The first-order chi connectivity index (χ1) is 10.9. The van der Waals surface area contributed by atoms with Crippen LogP contribution in [-0.2, 0) is 11.2 Å². The van der Waals surface area contributed by atoms with Crippen LogP contribution in [-0.4, -0.2) is 16.7 Å². The van der Waals surface area contributed by atoms with Gasteiger partial charge >= 0.3 is 0 Å². The van der Waals surface area contributed by atoms with E-state index in [1.807, 2.05) is 45.0 Å². The van der Waals surface area contributed by atoms with Gasteiger partial charge in [-0.15, -0.1) is 0 Å². The highest BCUT2D eigenvalue weighted by atomic mass is 16.3. The highest BCUT2D eigenvalue weighted by molar-refractivity contribution is 6.01. The molecular weight excluding hydrogens is 288 g/mol. The maximum atomic E-state index is 12.1. The number of hydrogen-bond donors (Lipinski definition) is 2. The minimum atomic E-state index is -0.177. The minimum absolute atomic E-state index is 0.153. The van der Waals surface area contributed by atoms with Crippen molar-refractivity contribution in [2.45, 2.75) is 34.1 Å². The molecule has 0 aliphatic rings. The second-order valence-electron chi connectivity index (χ2n) is 5.86. The smallest absolute Gasteiger partial charge is 0.244 e. The Morgan fingerprint density at radius 3 is 2.43 bits per heavy atom. The Labute approximate surface area is 136 Å². The monoisotopic (exact) mass is 310 g/mol. The van der Waals surface area contributed by atoms with E-state index in [0.29, 0.717) is 11.3 Å². The van der Waals surface area contributed by atoms with Gasteiger partial charge in [-0.25, -0.2) is 5.43 Å².